The van der Waals surface area contributed by atoms with Crippen molar-refractivity contribution < 1.29 is 0 Å². The van der Waals surface area contributed by atoms with Crippen LogP contribution < -0.4 is 0 Å². The molecule has 1 fully saturated rings. The van der Waals surface area contributed by atoms with Crippen LogP contribution >= 0.6 is 0 Å². The highest BCUT2D eigenvalue weighted by Crippen LogP contribution is 2.30. The zero-order valence-electron chi connectivity index (χ0n) is 9.92. The summed E-state index contributed by atoms with van der Waals surface area (Å²) in [6.07, 6.45) is 13.3. The summed E-state index contributed by atoms with van der Waals surface area (Å²) in [6.45, 7) is 2.28. The Morgan fingerprint density at radius 3 is 2.56 bits per heavy atom. The minimum absolute atomic E-state index is 0.649. The fraction of sp³-hybridized carbons (Fsp3) is 0.750. The first-order valence-corrected chi connectivity index (χ1v) is 6.27. The van der Waals surface area contributed by atoms with Crippen LogP contribution in [0.15, 0.2) is 17.8 Å². The topological polar surface area (TPSA) is 43.1 Å². The molecule has 0 radical (unpaired) electrons. The SMILES string of the molecule is CCCC1CCC(/C=N/n2cnnc2)CC1. The summed E-state index contributed by atoms with van der Waals surface area (Å²) < 4.78 is 1.66. The van der Waals surface area contributed by atoms with E-state index >= 15 is 0 Å². The molecule has 0 atom stereocenters. The van der Waals surface area contributed by atoms with E-state index in [1.165, 1.54) is 38.5 Å². The lowest BCUT2D eigenvalue weighted by Crippen LogP contribution is -2.15. The van der Waals surface area contributed by atoms with Gasteiger partial charge in [-0.2, -0.15) is 5.10 Å². The Balaban J connectivity index is 1.77. The highest BCUT2D eigenvalue weighted by molar-refractivity contribution is 5.60. The second-order valence-electron chi connectivity index (χ2n) is 4.68. The van der Waals surface area contributed by atoms with Gasteiger partial charge in [0.15, 0.2) is 0 Å². The first-order chi connectivity index (χ1) is 7.88. The van der Waals surface area contributed by atoms with Gasteiger partial charge in [0.25, 0.3) is 0 Å². The minimum atomic E-state index is 0.649. The summed E-state index contributed by atoms with van der Waals surface area (Å²) in [6, 6.07) is 0. The van der Waals surface area contributed by atoms with Gasteiger partial charge in [-0.1, -0.05) is 19.8 Å². The number of hydrogen-bond donors (Lipinski definition) is 0. The number of hydrogen-bond acceptors (Lipinski definition) is 3. The Kier molecular flexibility index (Phi) is 4.08. The van der Waals surface area contributed by atoms with E-state index in [9.17, 15) is 0 Å². The molecule has 0 bridgehead atoms. The molecule has 0 aliphatic heterocycles. The normalized spacial score (nSPS) is 26.3. The van der Waals surface area contributed by atoms with Crippen LogP contribution in [0.2, 0.25) is 0 Å². The quantitative estimate of drug-likeness (QED) is 0.732. The molecule has 0 unspecified atom stereocenters. The van der Waals surface area contributed by atoms with Crippen LogP contribution in [0.1, 0.15) is 45.4 Å². The van der Waals surface area contributed by atoms with E-state index in [1.54, 1.807) is 17.3 Å². The second-order valence-corrected chi connectivity index (χ2v) is 4.68. The summed E-state index contributed by atoms with van der Waals surface area (Å²) in [7, 11) is 0. The molecule has 4 nitrogen and oxygen atoms in total. The van der Waals surface area contributed by atoms with Crippen molar-refractivity contribution in [1.29, 1.82) is 0 Å². The summed E-state index contributed by atoms with van der Waals surface area (Å²) >= 11 is 0. The molecule has 0 aromatic carbocycles. The van der Waals surface area contributed by atoms with Crippen molar-refractivity contribution in [2.45, 2.75) is 45.4 Å². The van der Waals surface area contributed by atoms with Crippen LogP contribution in [0.5, 0.6) is 0 Å². The Morgan fingerprint density at radius 2 is 1.94 bits per heavy atom. The van der Waals surface area contributed by atoms with E-state index in [0.717, 1.165) is 5.92 Å². The van der Waals surface area contributed by atoms with Gasteiger partial charge in [-0.3, -0.25) is 0 Å². The summed E-state index contributed by atoms with van der Waals surface area (Å²) in [5.41, 5.74) is 0. The fourth-order valence-corrected chi connectivity index (χ4v) is 2.46. The smallest absolute Gasteiger partial charge is 0.141 e. The monoisotopic (exact) mass is 220 g/mol. The maximum atomic E-state index is 4.33. The average molecular weight is 220 g/mol. The Bertz CT molecular complexity index is 310. The van der Waals surface area contributed by atoms with E-state index < -0.39 is 0 Å². The lowest BCUT2D eigenvalue weighted by Gasteiger charge is -2.25. The molecule has 88 valence electrons. The summed E-state index contributed by atoms with van der Waals surface area (Å²) in [4.78, 5) is 0. The Labute approximate surface area is 96.8 Å². The van der Waals surface area contributed by atoms with Crippen molar-refractivity contribution in [3.63, 3.8) is 0 Å². The third-order valence-electron chi connectivity index (χ3n) is 3.41. The van der Waals surface area contributed by atoms with Crippen LogP contribution in [-0.2, 0) is 0 Å². The standard InChI is InChI=1S/C12H20N4/c1-2-3-11-4-6-12(7-5-11)8-15-16-9-13-14-10-16/h8-12H,2-7H2,1H3/b15-8+. The Hall–Kier alpha value is -1.19. The molecule has 1 saturated carbocycles. The average Bonchev–Trinajstić information content (AvgIpc) is 2.82. The van der Waals surface area contributed by atoms with E-state index in [1.807, 2.05) is 0 Å². The molecule has 1 heterocycles. The zero-order chi connectivity index (χ0) is 11.2. The van der Waals surface area contributed by atoms with Gasteiger partial charge in [-0.15, -0.1) is 10.2 Å². The van der Waals surface area contributed by atoms with Crippen molar-refractivity contribution >= 4 is 6.21 Å². The summed E-state index contributed by atoms with van der Waals surface area (Å²) in [5, 5.41) is 11.8. The maximum absolute atomic E-state index is 4.33. The van der Waals surface area contributed by atoms with Gasteiger partial charge in [0.2, 0.25) is 0 Å². The first-order valence-electron chi connectivity index (χ1n) is 6.27. The number of nitrogens with zero attached hydrogens (tertiary/aromatic N) is 4. The van der Waals surface area contributed by atoms with Crippen molar-refractivity contribution in [1.82, 2.24) is 14.9 Å². The number of rotatable bonds is 4. The van der Waals surface area contributed by atoms with Gasteiger partial charge in [-0.25, -0.2) is 4.68 Å². The molecule has 16 heavy (non-hydrogen) atoms. The molecule has 0 amide bonds. The zero-order valence-corrected chi connectivity index (χ0v) is 9.92. The highest BCUT2D eigenvalue weighted by atomic mass is 15.4. The maximum Gasteiger partial charge on any atom is 0.141 e. The molecular weight excluding hydrogens is 200 g/mol. The van der Waals surface area contributed by atoms with Gasteiger partial charge in [0.1, 0.15) is 12.7 Å². The largest absolute Gasteiger partial charge is 0.208 e. The third kappa shape index (κ3) is 3.15. The second kappa shape index (κ2) is 5.77. The van der Waals surface area contributed by atoms with Crippen LogP contribution in [-0.4, -0.2) is 21.1 Å². The lowest BCUT2D eigenvalue weighted by molar-refractivity contribution is 0.307. The van der Waals surface area contributed by atoms with Gasteiger partial charge < -0.3 is 0 Å². The predicted octanol–water partition coefficient (Wildman–Crippen LogP) is 2.72. The van der Waals surface area contributed by atoms with Crippen molar-refractivity contribution in [3.05, 3.63) is 12.7 Å². The highest BCUT2D eigenvalue weighted by Gasteiger charge is 2.19. The third-order valence-corrected chi connectivity index (χ3v) is 3.41. The van der Waals surface area contributed by atoms with Gasteiger partial charge in [0, 0.05) is 6.21 Å². The van der Waals surface area contributed by atoms with E-state index in [4.69, 9.17) is 0 Å². The molecule has 4 heteroatoms. The van der Waals surface area contributed by atoms with Crippen molar-refractivity contribution in [2.24, 2.45) is 16.9 Å². The molecular formula is C12H20N4. The summed E-state index contributed by atoms with van der Waals surface area (Å²) in [5.74, 6) is 1.61. The predicted molar refractivity (Wildman–Crippen MR) is 64.3 cm³/mol. The van der Waals surface area contributed by atoms with E-state index in [-0.39, 0.29) is 0 Å². The van der Waals surface area contributed by atoms with Gasteiger partial charge in [-0.05, 0) is 37.5 Å². The lowest BCUT2D eigenvalue weighted by atomic mass is 9.81. The van der Waals surface area contributed by atoms with Gasteiger partial charge >= 0.3 is 0 Å². The van der Waals surface area contributed by atoms with Crippen LogP contribution in [0.4, 0.5) is 0 Å². The van der Waals surface area contributed by atoms with E-state index in [2.05, 4.69) is 28.4 Å². The molecule has 0 spiro atoms. The van der Waals surface area contributed by atoms with Crippen LogP contribution in [0, 0.1) is 11.8 Å². The van der Waals surface area contributed by atoms with E-state index in [0.29, 0.717) is 5.92 Å². The van der Waals surface area contributed by atoms with Crippen molar-refractivity contribution in [3.8, 4) is 0 Å². The van der Waals surface area contributed by atoms with Crippen LogP contribution in [0.25, 0.3) is 0 Å². The fourth-order valence-electron chi connectivity index (χ4n) is 2.46. The first kappa shape index (κ1) is 11.3. The molecule has 0 N–H and O–H groups in total. The van der Waals surface area contributed by atoms with Crippen LogP contribution in [0.3, 0.4) is 0 Å². The molecule has 1 aliphatic rings. The molecule has 1 aromatic heterocycles. The molecule has 1 aliphatic carbocycles. The van der Waals surface area contributed by atoms with Crippen molar-refractivity contribution in [2.75, 3.05) is 0 Å². The number of aromatic nitrogens is 3. The molecule has 2 rings (SSSR count). The molecule has 1 aromatic rings. The Morgan fingerprint density at radius 1 is 1.25 bits per heavy atom. The minimum Gasteiger partial charge on any atom is -0.208 e. The molecule has 0 saturated heterocycles. The van der Waals surface area contributed by atoms with Gasteiger partial charge in [0.05, 0.1) is 0 Å².